The standard InChI is InChI=1S/C15H21NO4/c1-18-6-7-19-8-9-20-15(17)10-12-11-16-14-5-3-2-4-13(12)14/h2-5,12,16H,6-11H2,1H3. The number of esters is 1. The third-order valence-electron chi connectivity index (χ3n) is 3.28. The van der Waals surface area contributed by atoms with Crippen molar-refractivity contribution >= 4 is 11.7 Å². The number of methoxy groups -OCH3 is 1. The van der Waals surface area contributed by atoms with E-state index in [1.807, 2.05) is 18.2 Å². The zero-order valence-corrected chi connectivity index (χ0v) is 11.8. The van der Waals surface area contributed by atoms with Crippen LogP contribution < -0.4 is 5.32 Å². The van der Waals surface area contributed by atoms with Gasteiger partial charge in [-0.3, -0.25) is 4.79 Å². The largest absolute Gasteiger partial charge is 0.463 e. The van der Waals surface area contributed by atoms with Gasteiger partial charge in [-0.1, -0.05) is 18.2 Å². The van der Waals surface area contributed by atoms with Crippen LogP contribution in [0.5, 0.6) is 0 Å². The molecule has 0 saturated carbocycles. The molecule has 5 nitrogen and oxygen atoms in total. The first-order valence-electron chi connectivity index (χ1n) is 6.86. The smallest absolute Gasteiger partial charge is 0.306 e. The molecule has 1 N–H and O–H groups in total. The Labute approximate surface area is 119 Å². The molecule has 1 aliphatic heterocycles. The maximum atomic E-state index is 11.8. The Kier molecular flexibility index (Phi) is 5.83. The number of nitrogens with one attached hydrogen (secondary N) is 1. The van der Waals surface area contributed by atoms with Gasteiger partial charge in [0, 0.05) is 25.3 Å². The van der Waals surface area contributed by atoms with Crippen molar-refractivity contribution < 1.29 is 19.0 Å². The fraction of sp³-hybridized carbons (Fsp3) is 0.533. The highest BCUT2D eigenvalue weighted by Crippen LogP contribution is 2.33. The first-order chi connectivity index (χ1) is 9.81. The van der Waals surface area contributed by atoms with Crippen LogP contribution in [0.1, 0.15) is 17.9 Å². The van der Waals surface area contributed by atoms with Crippen LogP contribution in [0.2, 0.25) is 0 Å². The lowest BCUT2D eigenvalue weighted by Gasteiger charge is -2.10. The van der Waals surface area contributed by atoms with Crippen molar-refractivity contribution in [1.82, 2.24) is 0 Å². The fourth-order valence-electron chi connectivity index (χ4n) is 2.26. The van der Waals surface area contributed by atoms with Crippen LogP contribution in [0.25, 0.3) is 0 Å². The third-order valence-corrected chi connectivity index (χ3v) is 3.28. The summed E-state index contributed by atoms with van der Waals surface area (Å²) in [5, 5.41) is 3.30. The van der Waals surface area contributed by atoms with Crippen LogP contribution in [0.4, 0.5) is 5.69 Å². The minimum Gasteiger partial charge on any atom is -0.463 e. The summed E-state index contributed by atoms with van der Waals surface area (Å²) in [7, 11) is 1.62. The predicted octanol–water partition coefficient (Wildman–Crippen LogP) is 1.79. The molecule has 0 aromatic heterocycles. The van der Waals surface area contributed by atoms with Crippen molar-refractivity contribution in [2.75, 3.05) is 45.4 Å². The van der Waals surface area contributed by atoms with E-state index in [9.17, 15) is 4.79 Å². The number of ether oxygens (including phenoxy) is 3. The Morgan fingerprint density at radius 2 is 2.05 bits per heavy atom. The number of benzene rings is 1. The maximum absolute atomic E-state index is 11.8. The molecular weight excluding hydrogens is 258 g/mol. The van der Waals surface area contributed by atoms with Crippen LogP contribution in [-0.2, 0) is 19.0 Å². The second-order valence-corrected chi connectivity index (χ2v) is 4.69. The van der Waals surface area contributed by atoms with Crippen LogP contribution in [0.15, 0.2) is 24.3 Å². The van der Waals surface area contributed by atoms with Gasteiger partial charge in [-0.2, -0.15) is 0 Å². The topological polar surface area (TPSA) is 56.8 Å². The summed E-state index contributed by atoms with van der Waals surface area (Å²) in [4.78, 5) is 11.8. The molecule has 0 amide bonds. The average Bonchev–Trinajstić information content (AvgIpc) is 2.86. The number of carbonyl (C=O) groups is 1. The molecule has 20 heavy (non-hydrogen) atoms. The molecule has 5 heteroatoms. The average molecular weight is 279 g/mol. The summed E-state index contributed by atoms with van der Waals surface area (Å²) < 4.78 is 15.3. The monoisotopic (exact) mass is 279 g/mol. The number of rotatable bonds is 8. The Morgan fingerprint density at radius 1 is 1.25 bits per heavy atom. The molecule has 0 aliphatic carbocycles. The second kappa shape index (κ2) is 7.87. The summed E-state index contributed by atoms with van der Waals surface area (Å²) in [6, 6.07) is 8.07. The number of hydrogen-bond donors (Lipinski definition) is 1. The van der Waals surface area contributed by atoms with Crippen LogP contribution in [0, 0.1) is 0 Å². The van der Waals surface area contributed by atoms with Gasteiger partial charge in [-0.25, -0.2) is 0 Å². The Morgan fingerprint density at radius 3 is 2.90 bits per heavy atom. The molecule has 1 aliphatic rings. The third kappa shape index (κ3) is 4.21. The summed E-state index contributed by atoms with van der Waals surface area (Å²) in [5.74, 6) is 0.0250. The molecule has 0 radical (unpaired) electrons. The summed E-state index contributed by atoms with van der Waals surface area (Å²) in [6.07, 6.45) is 0.405. The Hall–Kier alpha value is -1.59. The molecule has 0 saturated heterocycles. The van der Waals surface area contributed by atoms with Crippen molar-refractivity contribution in [3.63, 3.8) is 0 Å². The summed E-state index contributed by atoms with van der Waals surface area (Å²) >= 11 is 0. The van der Waals surface area contributed by atoms with Crippen LogP contribution >= 0.6 is 0 Å². The molecule has 1 aromatic carbocycles. The van der Waals surface area contributed by atoms with Gasteiger partial charge in [0.2, 0.25) is 0 Å². The van der Waals surface area contributed by atoms with Crippen LogP contribution in [0.3, 0.4) is 0 Å². The number of anilines is 1. The fourth-order valence-corrected chi connectivity index (χ4v) is 2.26. The molecule has 1 heterocycles. The minimum absolute atomic E-state index is 0.177. The van der Waals surface area contributed by atoms with E-state index in [0.29, 0.717) is 32.8 Å². The highest BCUT2D eigenvalue weighted by Gasteiger charge is 2.24. The van der Waals surface area contributed by atoms with E-state index in [-0.39, 0.29) is 11.9 Å². The zero-order valence-electron chi connectivity index (χ0n) is 11.8. The Balaban J connectivity index is 1.66. The van der Waals surface area contributed by atoms with Gasteiger partial charge < -0.3 is 19.5 Å². The lowest BCUT2D eigenvalue weighted by Crippen LogP contribution is -2.15. The van der Waals surface area contributed by atoms with Gasteiger partial charge in [0.15, 0.2) is 0 Å². The highest BCUT2D eigenvalue weighted by atomic mass is 16.6. The Bertz CT molecular complexity index is 436. The summed E-state index contributed by atoms with van der Waals surface area (Å²) in [6.45, 7) is 2.57. The van der Waals surface area contributed by atoms with Gasteiger partial charge in [-0.05, 0) is 11.6 Å². The van der Waals surface area contributed by atoms with E-state index in [0.717, 1.165) is 12.2 Å². The molecule has 0 fully saturated rings. The molecule has 110 valence electrons. The van der Waals surface area contributed by atoms with Crippen LogP contribution in [-0.4, -0.2) is 46.1 Å². The van der Waals surface area contributed by atoms with E-state index < -0.39 is 0 Å². The molecule has 1 unspecified atom stereocenters. The molecular formula is C15H21NO4. The molecule has 1 atom stereocenters. The lowest BCUT2D eigenvalue weighted by atomic mass is 9.98. The van der Waals surface area contributed by atoms with Crippen molar-refractivity contribution in [2.45, 2.75) is 12.3 Å². The van der Waals surface area contributed by atoms with Crippen molar-refractivity contribution in [3.05, 3.63) is 29.8 Å². The number of carbonyl (C=O) groups excluding carboxylic acids is 1. The highest BCUT2D eigenvalue weighted by molar-refractivity contribution is 5.72. The van der Waals surface area contributed by atoms with E-state index in [1.54, 1.807) is 7.11 Å². The normalized spacial score (nSPS) is 16.6. The van der Waals surface area contributed by atoms with Gasteiger partial charge in [0.25, 0.3) is 0 Å². The molecule has 2 rings (SSSR count). The molecule has 0 spiro atoms. The minimum atomic E-state index is -0.177. The van der Waals surface area contributed by atoms with E-state index in [1.165, 1.54) is 5.56 Å². The zero-order chi connectivity index (χ0) is 14.2. The SMILES string of the molecule is COCCOCCOC(=O)CC1CNc2ccccc21. The van der Waals surface area contributed by atoms with Gasteiger partial charge >= 0.3 is 5.97 Å². The first-order valence-corrected chi connectivity index (χ1v) is 6.86. The van der Waals surface area contributed by atoms with Gasteiger partial charge in [0.1, 0.15) is 6.61 Å². The summed E-state index contributed by atoms with van der Waals surface area (Å²) in [5.41, 5.74) is 2.31. The number of hydrogen-bond acceptors (Lipinski definition) is 5. The van der Waals surface area contributed by atoms with Gasteiger partial charge in [0.05, 0.1) is 26.2 Å². The van der Waals surface area contributed by atoms with Crippen molar-refractivity contribution in [3.8, 4) is 0 Å². The molecule has 0 bridgehead atoms. The predicted molar refractivity (Wildman–Crippen MR) is 75.9 cm³/mol. The van der Waals surface area contributed by atoms with Gasteiger partial charge in [-0.15, -0.1) is 0 Å². The quantitative estimate of drug-likeness (QED) is 0.581. The van der Waals surface area contributed by atoms with Crippen molar-refractivity contribution in [2.24, 2.45) is 0 Å². The van der Waals surface area contributed by atoms with E-state index in [2.05, 4.69) is 11.4 Å². The second-order valence-electron chi connectivity index (χ2n) is 4.69. The van der Waals surface area contributed by atoms with Crippen molar-refractivity contribution in [1.29, 1.82) is 0 Å². The number of fused-ring (bicyclic) bond motifs is 1. The maximum Gasteiger partial charge on any atom is 0.306 e. The van der Waals surface area contributed by atoms with E-state index >= 15 is 0 Å². The first kappa shape index (κ1) is 14.8. The number of para-hydroxylation sites is 1. The van der Waals surface area contributed by atoms with E-state index in [4.69, 9.17) is 14.2 Å². The lowest BCUT2D eigenvalue weighted by molar-refractivity contribution is -0.145. The molecule has 1 aromatic rings.